The van der Waals surface area contributed by atoms with E-state index in [-0.39, 0.29) is 0 Å². The molecule has 1 aliphatic carbocycles. The third-order valence-electron chi connectivity index (χ3n) is 7.18. The van der Waals surface area contributed by atoms with Gasteiger partial charge in [-0.05, 0) is 69.6 Å². The molecule has 3 heterocycles. The fraction of sp³-hybridized carbons (Fsp3) is 0.615. The van der Waals surface area contributed by atoms with E-state index in [2.05, 4.69) is 47.1 Å². The van der Waals surface area contributed by atoms with Gasteiger partial charge in [-0.3, -0.25) is 4.90 Å². The first-order valence-electron chi connectivity index (χ1n) is 12.2. The Hall–Kier alpha value is -1.56. The highest BCUT2D eigenvalue weighted by Gasteiger charge is 2.34. The summed E-state index contributed by atoms with van der Waals surface area (Å²) in [7, 11) is 1.78. The summed E-state index contributed by atoms with van der Waals surface area (Å²) in [6.07, 6.45) is 8.07. The van der Waals surface area contributed by atoms with Crippen LogP contribution >= 0.6 is 11.3 Å². The predicted octanol–water partition coefficient (Wildman–Crippen LogP) is 5.98. The van der Waals surface area contributed by atoms with Gasteiger partial charge in [-0.2, -0.15) is 0 Å². The minimum Gasteiger partial charge on any atom is -0.496 e. The van der Waals surface area contributed by atoms with E-state index >= 15 is 0 Å². The molecule has 0 spiro atoms. The van der Waals surface area contributed by atoms with Crippen molar-refractivity contribution in [1.29, 1.82) is 0 Å². The van der Waals surface area contributed by atoms with Crippen LogP contribution in [0.25, 0.3) is 10.4 Å². The molecule has 168 valence electrons. The first-order valence-corrected chi connectivity index (χ1v) is 13.0. The molecule has 31 heavy (non-hydrogen) atoms. The molecule has 1 atom stereocenters. The number of hydrogen-bond acceptors (Lipinski definition) is 5. The second kappa shape index (κ2) is 9.51. The quantitative estimate of drug-likeness (QED) is 0.504. The number of nitrogens with zero attached hydrogens (tertiary/aromatic N) is 2. The lowest BCUT2D eigenvalue weighted by Gasteiger charge is -2.40. The largest absolute Gasteiger partial charge is 0.496 e. The van der Waals surface area contributed by atoms with Crippen molar-refractivity contribution in [2.75, 3.05) is 44.8 Å². The third kappa shape index (κ3) is 4.50. The van der Waals surface area contributed by atoms with Crippen LogP contribution in [-0.4, -0.2) is 51.0 Å². The Morgan fingerprint density at radius 2 is 1.77 bits per heavy atom. The summed E-state index contributed by atoms with van der Waals surface area (Å²) in [4.78, 5) is 8.18. The number of methoxy groups -OCH3 is 1. The Kier molecular flexibility index (Phi) is 6.54. The average Bonchev–Trinajstić information content (AvgIpc) is 3.34. The van der Waals surface area contributed by atoms with Crippen molar-refractivity contribution < 1.29 is 9.47 Å². The normalized spacial score (nSPS) is 21.5. The molecule has 1 unspecified atom stereocenters. The highest BCUT2D eigenvalue weighted by molar-refractivity contribution is 7.16. The van der Waals surface area contributed by atoms with Gasteiger partial charge in [0.05, 0.1) is 17.7 Å². The van der Waals surface area contributed by atoms with Gasteiger partial charge in [0, 0.05) is 49.1 Å². The Bertz CT molecular complexity index is 864. The maximum Gasteiger partial charge on any atom is 0.127 e. The minimum atomic E-state index is 0.313. The smallest absolute Gasteiger partial charge is 0.127 e. The topological polar surface area (TPSA) is 24.9 Å². The maximum absolute atomic E-state index is 6.27. The first kappa shape index (κ1) is 21.3. The van der Waals surface area contributed by atoms with Crippen LogP contribution in [0.4, 0.5) is 5.69 Å². The van der Waals surface area contributed by atoms with Gasteiger partial charge in [-0.15, -0.1) is 11.3 Å². The molecular weight excluding hydrogens is 404 g/mol. The van der Waals surface area contributed by atoms with Crippen LogP contribution in [0.2, 0.25) is 0 Å². The van der Waals surface area contributed by atoms with Gasteiger partial charge in [0.25, 0.3) is 0 Å². The molecule has 5 rings (SSSR count). The standard InChI is InChI=1S/C26H36N2O2S/c1-3-30-26(28-14-6-7-15-28)20-12-16-27(17-13-20)22-18-24(19-10-11-19)31-25(22)21-8-4-5-9-23(21)29-2/h4-5,8-9,18-20,26H,3,6-7,10-17H2,1-2H3. The second-order valence-corrected chi connectivity index (χ2v) is 10.3. The lowest BCUT2D eigenvalue weighted by Crippen LogP contribution is -2.46. The zero-order chi connectivity index (χ0) is 21.2. The molecule has 0 N–H and O–H groups in total. The van der Waals surface area contributed by atoms with Crippen molar-refractivity contribution in [2.24, 2.45) is 5.92 Å². The van der Waals surface area contributed by atoms with E-state index in [1.54, 1.807) is 12.0 Å². The van der Waals surface area contributed by atoms with E-state index < -0.39 is 0 Å². The molecule has 1 aromatic heterocycles. The molecule has 0 amide bonds. The molecular formula is C26H36N2O2S. The zero-order valence-corrected chi connectivity index (χ0v) is 19.8. The highest BCUT2D eigenvalue weighted by atomic mass is 32.1. The van der Waals surface area contributed by atoms with Gasteiger partial charge in [0.15, 0.2) is 0 Å². The summed E-state index contributed by atoms with van der Waals surface area (Å²) in [6, 6.07) is 11.0. The Labute approximate surface area is 191 Å². The molecule has 4 nitrogen and oxygen atoms in total. The van der Waals surface area contributed by atoms with Crippen molar-refractivity contribution in [2.45, 2.75) is 57.6 Å². The molecule has 2 aromatic rings. The van der Waals surface area contributed by atoms with E-state index in [1.807, 2.05) is 11.3 Å². The van der Waals surface area contributed by atoms with Crippen molar-refractivity contribution >= 4 is 17.0 Å². The molecule has 0 radical (unpaired) electrons. The van der Waals surface area contributed by atoms with Crippen LogP contribution in [0.1, 0.15) is 56.2 Å². The first-order chi connectivity index (χ1) is 15.3. The van der Waals surface area contributed by atoms with Crippen molar-refractivity contribution in [3.8, 4) is 16.2 Å². The van der Waals surface area contributed by atoms with E-state index in [0.717, 1.165) is 31.4 Å². The molecule has 0 bridgehead atoms. The van der Waals surface area contributed by atoms with Gasteiger partial charge in [0.2, 0.25) is 0 Å². The molecule has 3 aliphatic rings. The second-order valence-electron chi connectivity index (χ2n) is 9.25. The van der Waals surface area contributed by atoms with Crippen LogP contribution in [0.5, 0.6) is 5.75 Å². The van der Waals surface area contributed by atoms with Gasteiger partial charge >= 0.3 is 0 Å². The number of hydrogen-bond donors (Lipinski definition) is 0. The molecule has 1 saturated carbocycles. The van der Waals surface area contributed by atoms with Gasteiger partial charge < -0.3 is 14.4 Å². The number of piperidine rings is 1. The molecule has 5 heteroatoms. The number of thiophene rings is 1. The molecule has 3 fully saturated rings. The fourth-order valence-electron chi connectivity index (χ4n) is 5.36. The SMILES string of the molecule is CCOC(C1CCN(c2cc(C3CC3)sc2-c2ccccc2OC)CC1)N1CCCC1. The number of likely N-dealkylation sites (tertiary alicyclic amines) is 1. The van der Waals surface area contributed by atoms with Crippen LogP contribution in [0.3, 0.4) is 0 Å². The Balaban J connectivity index is 1.36. The lowest BCUT2D eigenvalue weighted by molar-refractivity contribution is -0.0858. The number of anilines is 1. The highest BCUT2D eigenvalue weighted by Crippen LogP contribution is 2.51. The molecule has 2 aliphatic heterocycles. The molecule has 1 aromatic carbocycles. The average molecular weight is 441 g/mol. The molecule has 2 saturated heterocycles. The summed E-state index contributed by atoms with van der Waals surface area (Å²) in [5.74, 6) is 2.40. The van der Waals surface area contributed by atoms with Gasteiger partial charge in [0.1, 0.15) is 12.0 Å². The fourth-order valence-corrected chi connectivity index (χ4v) is 6.74. The third-order valence-corrected chi connectivity index (χ3v) is 8.50. The predicted molar refractivity (Wildman–Crippen MR) is 129 cm³/mol. The van der Waals surface area contributed by atoms with E-state index in [0.29, 0.717) is 12.1 Å². The van der Waals surface area contributed by atoms with E-state index in [1.165, 1.54) is 67.7 Å². The summed E-state index contributed by atoms with van der Waals surface area (Å²) >= 11 is 1.99. The van der Waals surface area contributed by atoms with Gasteiger partial charge in [-0.25, -0.2) is 0 Å². The van der Waals surface area contributed by atoms with Crippen LogP contribution < -0.4 is 9.64 Å². The number of para-hydroxylation sites is 1. The van der Waals surface area contributed by atoms with Gasteiger partial charge in [-0.1, -0.05) is 12.1 Å². The van der Waals surface area contributed by atoms with Crippen molar-refractivity contribution in [3.05, 3.63) is 35.2 Å². The number of benzene rings is 1. The van der Waals surface area contributed by atoms with E-state index in [4.69, 9.17) is 9.47 Å². The van der Waals surface area contributed by atoms with Crippen LogP contribution in [0.15, 0.2) is 30.3 Å². The monoisotopic (exact) mass is 440 g/mol. The minimum absolute atomic E-state index is 0.313. The number of ether oxygens (including phenoxy) is 2. The Morgan fingerprint density at radius 1 is 1.03 bits per heavy atom. The van der Waals surface area contributed by atoms with E-state index in [9.17, 15) is 0 Å². The summed E-state index contributed by atoms with van der Waals surface area (Å²) in [6.45, 7) is 7.60. The summed E-state index contributed by atoms with van der Waals surface area (Å²) in [5, 5.41) is 0. The Morgan fingerprint density at radius 3 is 2.45 bits per heavy atom. The van der Waals surface area contributed by atoms with Crippen molar-refractivity contribution in [3.63, 3.8) is 0 Å². The van der Waals surface area contributed by atoms with Crippen molar-refractivity contribution in [1.82, 2.24) is 4.90 Å². The zero-order valence-electron chi connectivity index (χ0n) is 19.0. The van der Waals surface area contributed by atoms with Crippen LogP contribution in [0, 0.1) is 5.92 Å². The van der Waals surface area contributed by atoms with Crippen LogP contribution in [-0.2, 0) is 4.74 Å². The summed E-state index contributed by atoms with van der Waals surface area (Å²) < 4.78 is 12.0. The number of rotatable bonds is 8. The summed E-state index contributed by atoms with van der Waals surface area (Å²) in [5.41, 5.74) is 2.66. The lowest BCUT2D eigenvalue weighted by atomic mass is 9.93. The maximum atomic E-state index is 6.27.